The fraction of sp³-hybridized carbons (Fsp3) is 0.350. The standard InChI is InChI=1S/C20H23FN6O2/c1-25-7-6-22-19(25)13-26-8-10-27(11-9-26)20(28)17-12-15(23-24-17)14-29-18-5-3-2-4-16(18)21/h2-7,12H,8-11,13-14H2,1H3,(H,23,24). The molecule has 2 aromatic heterocycles. The molecule has 0 spiro atoms. The maximum absolute atomic E-state index is 13.6. The van der Waals surface area contributed by atoms with Crippen molar-refractivity contribution in [3.8, 4) is 5.75 Å². The molecule has 1 aliphatic rings. The number of aromatic nitrogens is 4. The Morgan fingerprint density at radius 1 is 1.24 bits per heavy atom. The lowest BCUT2D eigenvalue weighted by molar-refractivity contribution is 0.0618. The first-order valence-electron chi connectivity index (χ1n) is 9.49. The fourth-order valence-corrected chi connectivity index (χ4v) is 3.28. The average Bonchev–Trinajstić information content (AvgIpc) is 3.37. The molecule has 1 fully saturated rings. The summed E-state index contributed by atoms with van der Waals surface area (Å²) in [4.78, 5) is 21.2. The number of para-hydroxylation sites is 1. The predicted octanol–water partition coefficient (Wildman–Crippen LogP) is 1.82. The molecular formula is C20H23FN6O2. The van der Waals surface area contributed by atoms with E-state index in [1.54, 1.807) is 35.4 Å². The first kappa shape index (κ1) is 19.1. The molecule has 152 valence electrons. The maximum atomic E-state index is 13.6. The number of nitrogens with one attached hydrogen (secondary N) is 1. The maximum Gasteiger partial charge on any atom is 0.274 e. The van der Waals surface area contributed by atoms with Crippen molar-refractivity contribution in [1.29, 1.82) is 0 Å². The summed E-state index contributed by atoms with van der Waals surface area (Å²) in [5.41, 5.74) is 0.958. The quantitative estimate of drug-likeness (QED) is 0.685. The molecule has 4 rings (SSSR count). The molecule has 1 saturated heterocycles. The van der Waals surface area contributed by atoms with Crippen LogP contribution in [0.3, 0.4) is 0 Å². The zero-order valence-corrected chi connectivity index (χ0v) is 16.2. The number of ether oxygens (including phenoxy) is 1. The van der Waals surface area contributed by atoms with E-state index in [2.05, 4.69) is 20.1 Å². The van der Waals surface area contributed by atoms with E-state index in [0.717, 1.165) is 25.5 Å². The third-order valence-corrected chi connectivity index (χ3v) is 5.02. The van der Waals surface area contributed by atoms with Crippen LogP contribution in [0.15, 0.2) is 42.7 Å². The van der Waals surface area contributed by atoms with E-state index in [0.29, 0.717) is 24.5 Å². The second-order valence-electron chi connectivity index (χ2n) is 7.02. The van der Waals surface area contributed by atoms with Gasteiger partial charge in [0.2, 0.25) is 0 Å². The Bertz CT molecular complexity index is 977. The number of H-pyrrole nitrogens is 1. The van der Waals surface area contributed by atoms with Crippen molar-refractivity contribution in [2.24, 2.45) is 7.05 Å². The van der Waals surface area contributed by atoms with E-state index in [1.165, 1.54) is 6.07 Å². The number of hydrogen-bond donors (Lipinski definition) is 1. The summed E-state index contributed by atoms with van der Waals surface area (Å²) in [6.45, 7) is 3.72. The highest BCUT2D eigenvalue weighted by atomic mass is 19.1. The lowest BCUT2D eigenvalue weighted by atomic mass is 10.2. The van der Waals surface area contributed by atoms with Crippen LogP contribution in [0.2, 0.25) is 0 Å². The van der Waals surface area contributed by atoms with Crippen molar-refractivity contribution in [3.63, 3.8) is 0 Å². The molecule has 1 N–H and O–H groups in total. The molecule has 9 heteroatoms. The van der Waals surface area contributed by atoms with Gasteiger partial charge in [0.25, 0.3) is 5.91 Å². The molecule has 3 heterocycles. The van der Waals surface area contributed by atoms with Gasteiger partial charge in [0.1, 0.15) is 12.4 Å². The zero-order chi connectivity index (χ0) is 20.2. The Morgan fingerprint density at radius 3 is 2.76 bits per heavy atom. The number of halogens is 1. The Hall–Kier alpha value is -3.20. The zero-order valence-electron chi connectivity index (χ0n) is 16.2. The highest BCUT2D eigenvalue weighted by molar-refractivity contribution is 5.92. The molecule has 0 saturated carbocycles. The number of carbonyl (C=O) groups is 1. The number of rotatable bonds is 6. The fourth-order valence-electron chi connectivity index (χ4n) is 3.28. The SMILES string of the molecule is Cn1ccnc1CN1CCN(C(=O)c2cc(COc3ccccc3F)[nH]n2)CC1. The molecule has 29 heavy (non-hydrogen) atoms. The van der Waals surface area contributed by atoms with E-state index in [9.17, 15) is 9.18 Å². The van der Waals surface area contributed by atoms with Crippen molar-refractivity contribution >= 4 is 5.91 Å². The minimum atomic E-state index is -0.424. The summed E-state index contributed by atoms with van der Waals surface area (Å²) in [6.07, 6.45) is 3.72. The van der Waals surface area contributed by atoms with Crippen LogP contribution in [0.4, 0.5) is 4.39 Å². The van der Waals surface area contributed by atoms with Crippen molar-refractivity contribution in [1.82, 2.24) is 29.5 Å². The van der Waals surface area contributed by atoms with E-state index < -0.39 is 5.82 Å². The molecular weight excluding hydrogens is 375 g/mol. The predicted molar refractivity (Wildman–Crippen MR) is 104 cm³/mol. The number of carbonyl (C=O) groups excluding carboxylic acids is 1. The third-order valence-electron chi connectivity index (χ3n) is 5.02. The van der Waals surface area contributed by atoms with Crippen molar-refractivity contribution < 1.29 is 13.9 Å². The second-order valence-corrected chi connectivity index (χ2v) is 7.02. The van der Waals surface area contributed by atoms with Crippen molar-refractivity contribution in [2.45, 2.75) is 13.2 Å². The number of nitrogens with zero attached hydrogens (tertiary/aromatic N) is 5. The van der Waals surface area contributed by atoms with Crippen molar-refractivity contribution in [3.05, 3.63) is 65.8 Å². The van der Waals surface area contributed by atoms with E-state index in [-0.39, 0.29) is 18.3 Å². The molecule has 1 aliphatic heterocycles. The Kier molecular flexibility index (Phi) is 5.57. The topological polar surface area (TPSA) is 79.3 Å². The first-order chi connectivity index (χ1) is 14.1. The molecule has 0 aliphatic carbocycles. The van der Waals surface area contributed by atoms with Gasteiger partial charge in [-0.1, -0.05) is 12.1 Å². The van der Waals surface area contributed by atoms with E-state index >= 15 is 0 Å². The van der Waals surface area contributed by atoms with Crippen molar-refractivity contribution in [2.75, 3.05) is 26.2 Å². The summed E-state index contributed by atoms with van der Waals surface area (Å²) >= 11 is 0. The third kappa shape index (κ3) is 4.45. The molecule has 0 unspecified atom stereocenters. The minimum Gasteiger partial charge on any atom is -0.484 e. The molecule has 0 radical (unpaired) electrons. The van der Waals surface area contributed by atoms with Gasteiger partial charge in [-0.3, -0.25) is 14.8 Å². The van der Waals surface area contributed by atoms with Gasteiger partial charge >= 0.3 is 0 Å². The monoisotopic (exact) mass is 398 g/mol. The number of hydrogen-bond acceptors (Lipinski definition) is 5. The lowest BCUT2D eigenvalue weighted by Crippen LogP contribution is -2.48. The number of benzene rings is 1. The normalized spacial score (nSPS) is 14.9. The van der Waals surface area contributed by atoms with E-state index in [1.807, 2.05) is 17.8 Å². The van der Waals surface area contributed by atoms with Crippen LogP contribution in [0.5, 0.6) is 5.75 Å². The number of aromatic amines is 1. The van der Waals surface area contributed by atoms with Gasteiger partial charge in [-0.05, 0) is 18.2 Å². The summed E-state index contributed by atoms with van der Waals surface area (Å²) in [7, 11) is 1.98. The number of amides is 1. The van der Waals surface area contributed by atoms with Crippen LogP contribution in [0.25, 0.3) is 0 Å². The smallest absolute Gasteiger partial charge is 0.274 e. The van der Waals surface area contributed by atoms with E-state index in [4.69, 9.17) is 4.74 Å². The summed E-state index contributed by atoms with van der Waals surface area (Å²) in [5.74, 6) is 0.636. The van der Waals surface area contributed by atoms with Gasteiger partial charge in [0, 0.05) is 45.6 Å². The van der Waals surface area contributed by atoms with Crippen LogP contribution >= 0.6 is 0 Å². The Labute approximate surface area is 167 Å². The molecule has 8 nitrogen and oxygen atoms in total. The highest BCUT2D eigenvalue weighted by Crippen LogP contribution is 2.17. The highest BCUT2D eigenvalue weighted by Gasteiger charge is 2.24. The van der Waals surface area contributed by atoms with Crippen LogP contribution in [0, 0.1) is 5.82 Å². The Balaban J connectivity index is 1.29. The van der Waals surface area contributed by atoms with Gasteiger partial charge < -0.3 is 14.2 Å². The molecule has 1 aromatic carbocycles. The van der Waals surface area contributed by atoms with Gasteiger partial charge in [0.05, 0.1) is 12.2 Å². The first-order valence-corrected chi connectivity index (χ1v) is 9.49. The van der Waals surface area contributed by atoms with Crippen LogP contribution < -0.4 is 4.74 Å². The summed E-state index contributed by atoms with van der Waals surface area (Å²) in [5, 5.41) is 6.89. The summed E-state index contributed by atoms with van der Waals surface area (Å²) < 4.78 is 21.1. The largest absolute Gasteiger partial charge is 0.484 e. The molecule has 1 amide bonds. The Morgan fingerprint density at radius 2 is 2.03 bits per heavy atom. The molecule has 3 aromatic rings. The van der Waals surface area contributed by atoms with Crippen LogP contribution in [0.1, 0.15) is 22.0 Å². The number of aryl methyl sites for hydroxylation is 1. The van der Waals surface area contributed by atoms with Gasteiger partial charge in [-0.2, -0.15) is 5.10 Å². The molecule has 0 bridgehead atoms. The van der Waals surface area contributed by atoms with Gasteiger partial charge in [0.15, 0.2) is 17.3 Å². The van der Waals surface area contributed by atoms with Crippen LogP contribution in [-0.2, 0) is 20.2 Å². The number of imidazole rings is 1. The molecule has 0 atom stereocenters. The van der Waals surface area contributed by atoms with Gasteiger partial charge in [-0.25, -0.2) is 9.37 Å². The van der Waals surface area contributed by atoms with Gasteiger partial charge in [-0.15, -0.1) is 0 Å². The number of piperazine rings is 1. The average molecular weight is 398 g/mol. The minimum absolute atomic E-state index is 0.110. The summed E-state index contributed by atoms with van der Waals surface area (Å²) in [6, 6.07) is 7.86. The lowest BCUT2D eigenvalue weighted by Gasteiger charge is -2.34. The second kappa shape index (κ2) is 8.44. The van der Waals surface area contributed by atoms with Crippen LogP contribution in [-0.4, -0.2) is 61.6 Å².